The number of benzene rings is 2. The summed E-state index contributed by atoms with van der Waals surface area (Å²) in [6.07, 6.45) is 3.83. The van der Waals surface area contributed by atoms with Gasteiger partial charge in [-0.05, 0) is 43.0 Å². The molecular weight excluding hydrogens is 360 g/mol. The highest BCUT2D eigenvalue weighted by atomic mass is 35.5. The molecule has 0 spiro atoms. The maximum absolute atomic E-state index is 12.6. The topological polar surface area (TPSA) is 78.4 Å². The second-order valence-electron chi connectivity index (χ2n) is 5.91. The summed E-state index contributed by atoms with van der Waals surface area (Å²) in [4.78, 5) is 0.287. The van der Waals surface area contributed by atoms with E-state index in [0.29, 0.717) is 23.5 Å². The molecule has 0 aliphatic heterocycles. The highest BCUT2D eigenvalue weighted by Gasteiger charge is 2.16. The number of hydrogen-bond acceptors (Lipinski definition) is 4. The van der Waals surface area contributed by atoms with Crippen LogP contribution < -0.4 is 10.0 Å². The summed E-state index contributed by atoms with van der Waals surface area (Å²) in [6, 6.07) is 10.4. The molecule has 0 saturated heterocycles. The molecule has 0 unspecified atom stereocenters. The maximum Gasteiger partial charge on any atom is 0.241 e. The van der Waals surface area contributed by atoms with Crippen LogP contribution in [-0.2, 0) is 10.0 Å². The van der Waals surface area contributed by atoms with Crippen molar-refractivity contribution in [3.8, 4) is 0 Å². The molecule has 0 saturated carbocycles. The fraction of sp³-hybridized carbons (Fsp3) is 0.444. The molecule has 5 nitrogen and oxygen atoms in total. The molecule has 7 heteroatoms. The average Bonchev–Trinajstić information content (AvgIpc) is 2.59. The standard InChI is InChI=1S/C18H25ClN2O3S/c19-16-8-9-17-15(14-16)6-5-7-18(17)25(23,24)21-11-4-2-1-3-10-20-12-13-22/h5-9,14,20-22H,1-4,10-13H2. The van der Waals surface area contributed by atoms with Gasteiger partial charge in [0.2, 0.25) is 10.0 Å². The molecule has 0 bridgehead atoms. The molecule has 0 aliphatic rings. The molecule has 138 valence electrons. The second kappa shape index (κ2) is 10.1. The monoisotopic (exact) mass is 384 g/mol. The van der Waals surface area contributed by atoms with Gasteiger partial charge in [0.25, 0.3) is 0 Å². The Balaban J connectivity index is 1.84. The Hall–Kier alpha value is -1.18. The molecule has 25 heavy (non-hydrogen) atoms. The number of unbranched alkanes of at least 4 members (excludes halogenated alkanes) is 3. The van der Waals surface area contributed by atoms with Crippen LogP contribution in [0.15, 0.2) is 41.3 Å². The van der Waals surface area contributed by atoms with Crippen LogP contribution in [0.1, 0.15) is 25.7 Å². The zero-order valence-corrected chi connectivity index (χ0v) is 15.7. The highest BCUT2D eigenvalue weighted by Crippen LogP contribution is 2.25. The lowest BCUT2D eigenvalue weighted by Crippen LogP contribution is -2.25. The van der Waals surface area contributed by atoms with E-state index in [2.05, 4.69) is 10.0 Å². The lowest BCUT2D eigenvalue weighted by atomic mass is 10.1. The summed E-state index contributed by atoms with van der Waals surface area (Å²) in [6.45, 7) is 2.08. The van der Waals surface area contributed by atoms with E-state index in [9.17, 15) is 8.42 Å². The minimum absolute atomic E-state index is 0.155. The van der Waals surface area contributed by atoms with Crippen molar-refractivity contribution in [1.29, 1.82) is 0 Å². The van der Waals surface area contributed by atoms with Crippen LogP contribution in [0.2, 0.25) is 5.02 Å². The Morgan fingerprint density at radius 3 is 2.48 bits per heavy atom. The number of halogens is 1. The average molecular weight is 385 g/mol. The lowest BCUT2D eigenvalue weighted by Gasteiger charge is -2.10. The van der Waals surface area contributed by atoms with Gasteiger partial charge < -0.3 is 10.4 Å². The van der Waals surface area contributed by atoms with E-state index in [-0.39, 0.29) is 11.5 Å². The number of aliphatic hydroxyl groups excluding tert-OH is 1. The summed E-state index contributed by atoms with van der Waals surface area (Å²) in [5, 5.41) is 13.8. The number of rotatable bonds is 11. The van der Waals surface area contributed by atoms with Gasteiger partial charge in [-0.2, -0.15) is 0 Å². The third-order valence-corrected chi connectivity index (χ3v) is 5.71. The van der Waals surface area contributed by atoms with E-state index in [4.69, 9.17) is 16.7 Å². The van der Waals surface area contributed by atoms with Crippen molar-refractivity contribution in [3.63, 3.8) is 0 Å². The predicted molar refractivity (Wildman–Crippen MR) is 103 cm³/mol. The van der Waals surface area contributed by atoms with Gasteiger partial charge in [0.15, 0.2) is 0 Å². The summed E-state index contributed by atoms with van der Waals surface area (Å²) in [5.74, 6) is 0. The van der Waals surface area contributed by atoms with E-state index in [1.54, 1.807) is 30.3 Å². The van der Waals surface area contributed by atoms with Gasteiger partial charge in [-0.3, -0.25) is 0 Å². The van der Waals surface area contributed by atoms with Crippen molar-refractivity contribution >= 4 is 32.4 Å². The van der Waals surface area contributed by atoms with Gasteiger partial charge in [0.1, 0.15) is 0 Å². The van der Waals surface area contributed by atoms with Crippen molar-refractivity contribution in [2.75, 3.05) is 26.2 Å². The molecule has 0 radical (unpaired) electrons. The van der Waals surface area contributed by atoms with E-state index in [1.165, 1.54) is 0 Å². The Labute approximate surface area is 154 Å². The first kappa shape index (κ1) is 20.1. The van der Waals surface area contributed by atoms with Crippen LogP contribution in [0, 0.1) is 0 Å². The van der Waals surface area contributed by atoms with Crippen LogP contribution in [0.5, 0.6) is 0 Å². The zero-order chi connectivity index (χ0) is 18.1. The Kier molecular flexibility index (Phi) is 8.12. The number of hydrogen-bond donors (Lipinski definition) is 3. The maximum atomic E-state index is 12.6. The molecule has 2 aromatic carbocycles. The highest BCUT2D eigenvalue weighted by molar-refractivity contribution is 7.89. The van der Waals surface area contributed by atoms with Crippen LogP contribution in [-0.4, -0.2) is 39.8 Å². The van der Waals surface area contributed by atoms with Crippen molar-refractivity contribution < 1.29 is 13.5 Å². The quantitative estimate of drug-likeness (QED) is 0.520. The predicted octanol–water partition coefficient (Wildman–Crippen LogP) is 2.91. The fourth-order valence-corrected chi connectivity index (χ4v) is 4.16. The molecular formula is C18H25ClN2O3S. The normalized spacial score (nSPS) is 11.9. The summed E-state index contributed by atoms with van der Waals surface area (Å²) >= 11 is 5.98. The van der Waals surface area contributed by atoms with Crippen LogP contribution in [0.3, 0.4) is 0 Å². The molecule has 0 atom stereocenters. The molecule has 2 aromatic rings. The Morgan fingerprint density at radius 1 is 0.960 bits per heavy atom. The SMILES string of the molecule is O=S(=O)(NCCCCCCNCCO)c1cccc2cc(Cl)ccc12. The number of fused-ring (bicyclic) bond motifs is 1. The first-order chi connectivity index (χ1) is 12.0. The lowest BCUT2D eigenvalue weighted by molar-refractivity contribution is 0.292. The number of nitrogens with one attached hydrogen (secondary N) is 2. The molecule has 0 fully saturated rings. The summed E-state index contributed by atoms with van der Waals surface area (Å²) in [5.41, 5.74) is 0. The van der Waals surface area contributed by atoms with Gasteiger partial charge in [0.05, 0.1) is 11.5 Å². The first-order valence-corrected chi connectivity index (χ1v) is 10.4. The first-order valence-electron chi connectivity index (χ1n) is 8.54. The smallest absolute Gasteiger partial charge is 0.241 e. The second-order valence-corrected chi connectivity index (χ2v) is 8.08. The molecule has 0 aromatic heterocycles. The summed E-state index contributed by atoms with van der Waals surface area (Å²) in [7, 11) is -3.54. The van der Waals surface area contributed by atoms with Gasteiger partial charge in [-0.25, -0.2) is 13.1 Å². The van der Waals surface area contributed by atoms with Crippen molar-refractivity contribution in [1.82, 2.24) is 10.0 Å². The van der Waals surface area contributed by atoms with E-state index < -0.39 is 10.0 Å². The minimum Gasteiger partial charge on any atom is -0.395 e. The van der Waals surface area contributed by atoms with Crippen molar-refractivity contribution in [3.05, 3.63) is 41.4 Å². The Morgan fingerprint density at radius 2 is 1.72 bits per heavy atom. The third kappa shape index (κ3) is 6.24. The minimum atomic E-state index is -3.54. The third-order valence-electron chi connectivity index (χ3n) is 3.95. The van der Waals surface area contributed by atoms with E-state index in [0.717, 1.165) is 37.6 Å². The van der Waals surface area contributed by atoms with Gasteiger partial charge in [0, 0.05) is 23.5 Å². The van der Waals surface area contributed by atoms with Gasteiger partial charge in [-0.15, -0.1) is 0 Å². The van der Waals surface area contributed by atoms with Gasteiger partial charge in [-0.1, -0.05) is 42.6 Å². The van der Waals surface area contributed by atoms with E-state index >= 15 is 0 Å². The van der Waals surface area contributed by atoms with E-state index in [1.807, 2.05) is 6.07 Å². The van der Waals surface area contributed by atoms with Gasteiger partial charge >= 0.3 is 0 Å². The largest absolute Gasteiger partial charge is 0.395 e. The van der Waals surface area contributed by atoms with Crippen molar-refractivity contribution in [2.24, 2.45) is 0 Å². The number of sulfonamides is 1. The number of aliphatic hydroxyl groups is 1. The molecule has 0 amide bonds. The summed E-state index contributed by atoms with van der Waals surface area (Å²) < 4.78 is 27.8. The molecule has 3 N–H and O–H groups in total. The van der Waals surface area contributed by atoms with Crippen LogP contribution >= 0.6 is 11.6 Å². The molecule has 0 aliphatic carbocycles. The molecule has 0 heterocycles. The van der Waals surface area contributed by atoms with Crippen molar-refractivity contribution in [2.45, 2.75) is 30.6 Å². The van der Waals surface area contributed by atoms with Crippen LogP contribution in [0.4, 0.5) is 0 Å². The molecule has 2 rings (SSSR count). The zero-order valence-electron chi connectivity index (χ0n) is 14.2. The fourth-order valence-electron chi connectivity index (χ4n) is 2.68. The van der Waals surface area contributed by atoms with Crippen LogP contribution in [0.25, 0.3) is 10.8 Å². The Bertz CT molecular complexity index is 781.